The van der Waals surface area contributed by atoms with Crippen LogP contribution in [0.1, 0.15) is 33.1 Å². The molecule has 76 valence electrons. The highest BCUT2D eigenvalue weighted by Gasteiger charge is 2.15. The van der Waals surface area contributed by atoms with Crippen LogP contribution < -0.4 is 0 Å². The Hall–Kier alpha value is -0.200. The minimum absolute atomic E-state index is 0.169. The van der Waals surface area contributed by atoms with E-state index in [4.69, 9.17) is 10.4 Å². The van der Waals surface area contributed by atoms with Gasteiger partial charge in [-0.15, -0.1) is 0 Å². The Labute approximate surface area is 85.3 Å². The first-order valence-electron chi connectivity index (χ1n) is 4.72. The molecule has 0 amide bonds. The van der Waals surface area contributed by atoms with Crippen molar-refractivity contribution in [2.75, 3.05) is 18.1 Å². The zero-order valence-corrected chi connectivity index (χ0v) is 9.36. The summed E-state index contributed by atoms with van der Waals surface area (Å²) >= 11 is 1.86. The van der Waals surface area contributed by atoms with Crippen LogP contribution in [0.4, 0.5) is 0 Å². The van der Waals surface area contributed by atoms with Gasteiger partial charge in [-0.1, -0.05) is 0 Å². The molecule has 0 atom stereocenters. The molecule has 0 fully saturated rings. The third kappa shape index (κ3) is 8.14. The zero-order chi connectivity index (χ0) is 10.2. The Kier molecular flexibility index (Phi) is 7.12. The lowest BCUT2D eigenvalue weighted by molar-refractivity contribution is 0.296. The topological polar surface area (TPSA) is 44.0 Å². The van der Waals surface area contributed by atoms with Crippen molar-refractivity contribution in [3.63, 3.8) is 0 Å². The Morgan fingerprint density at radius 2 is 1.92 bits per heavy atom. The van der Waals surface area contributed by atoms with Gasteiger partial charge in [0.15, 0.2) is 0 Å². The number of aliphatic hydroxyl groups is 1. The molecule has 0 saturated carbocycles. The summed E-state index contributed by atoms with van der Waals surface area (Å²) in [5, 5.41) is 17.3. The van der Waals surface area contributed by atoms with E-state index in [1.165, 1.54) is 0 Å². The molecule has 0 radical (unpaired) electrons. The van der Waals surface area contributed by atoms with Gasteiger partial charge in [-0.25, -0.2) is 0 Å². The highest BCUT2D eigenvalue weighted by Crippen LogP contribution is 2.21. The van der Waals surface area contributed by atoms with Crippen LogP contribution in [0, 0.1) is 16.7 Å². The zero-order valence-electron chi connectivity index (χ0n) is 8.55. The maximum atomic E-state index is 8.74. The van der Waals surface area contributed by atoms with Crippen molar-refractivity contribution in [1.82, 2.24) is 0 Å². The van der Waals surface area contributed by atoms with E-state index in [1.54, 1.807) is 0 Å². The fourth-order valence-electron chi connectivity index (χ4n) is 0.941. The summed E-state index contributed by atoms with van der Waals surface area (Å²) in [5.41, 5.74) is -0.169. The summed E-state index contributed by atoms with van der Waals surface area (Å²) in [5.74, 6) is 2.13. The molecule has 0 aliphatic heterocycles. The molecule has 0 saturated heterocycles. The SMILES string of the molecule is CC(C)(C#N)CCCSCCCO. The van der Waals surface area contributed by atoms with Gasteiger partial charge >= 0.3 is 0 Å². The molecule has 0 rings (SSSR count). The van der Waals surface area contributed by atoms with Crippen LogP contribution in [0.5, 0.6) is 0 Å². The van der Waals surface area contributed by atoms with E-state index >= 15 is 0 Å². The molecule has 0 spiro atoms. The molecular weight excluding hydrogens is 182 g/mol. The van der Waals surface area contributed by atoms with Crippen LogP contribution in [0.2, 0.25) is 0 Å². The lowest BCUT2D eigenvalue weighted by Crippen LogP contribution is -2.07. The minimum atomic E-state index is -0.169. The van der Waals surface area contributed by atoms with Crippen molar-refractivity contribution in [3.05, 3.63) is 0 Å². The van der Waals surface area contributed by atoms with E-state index in [2.05, 4.69) is 6.07 Å². The van der Waals surface area contributed by atoms with Crippen molar-refractivity contribution >= 4 is 11.8 Å². The molecule has 1 N–H and O–H groups in total. The van der Waals surface area contributed by atoms with Crippen molar-refractivity contribution in [2.24, 2.45) is 5.41 Å². The summed E-state index contributed by atoms with van der Waals surface area (Å²) in [6.07, 6.45) is 2.94. The molecule has 2 nitrogen and oxygen atoms in total. The molecular formula is C10H19NOS. The molecule has 0 aromatic rings. The van der Waals surface area contributed by atoms with Gasteiger partial charge in [0.2, 0.25) is 0 Å². The second-order valence-corrected chi connectivity index (χ2v) is 5.01. The Morgan fingerprint density at radius 3 is 2.46 bits per heavy atom. The average Bonchev–Trinajstić information content (AvgIpc) is 2.11. The van der Waals surface area contributed by atoms with Crippen molar-refractivity contribution < 1.29 is 5.11 Å². The summed E-state index contributed by atoms with van der Waals surface area (Å²) in [7, 11) is 0. The van der Waals surface area contributed by atoms with Gasteiger partial charge in [0.05, 0.1) is 11.5 Å². The van der Waals surface area contributed by atoms with E-state index in [0.717, 1.165) is 30.8 Å². The van der Waals surface area contributed by atoms with Gasteiger partial charge in [0.1, 0.15) is 0 Å². The van der Waals surface area contributed by atoms with E-state index in [9.17, 15) is 0 Å². The van der Waals surface area contributed by atoms with Gasteiger partial charge in [0, 0.05) is 6.61 Å². The van der Waals surface area contributed by atoms with Crippen LogP contribution in [0.15, 0.2) is 0 Å². The first-order valence-corrected chi connectivity index (χ1v) is 5.88. The normalized spacial score (nSPS) is 11.2. The largest absolute Gasteiger partial charge is 0.396 e. The van der Waals surface area contributed by atoms with E-state index < -0.39 is 0 Å². The number of rotatable bonds is 7. The summed E-state index contributed by atoms with van der Waals surface area (Å²) < 4.78 is 0. The third-order valence-electron chi connectivity index (χ3n) is 1.84. The van der Waals surface area contributed by atoms with E-state index in [1.807, 2.05) is 25.6 Å². The number of thioether (sulfide) groups is 1. The first-order chi connectivity index (χ1) is 6.12. The van der Waals surface area contributed by atoms with Gasteiger partial charge in [-0.3, -0.25) is 0 Å². The lowest BCUT2D eigenvalue weighted by Gasteiger charge is -2.13. The van der Waals surface area contributed by atoms with Crippen molar-refractivity contribution in [1.29, 1.82) is 5.26 Å². The fourth-order valence-corrected chi connectivity index (χ4v) is 1.83. The summed E-state index contributed by atoms with van der Waals surface area (Å²) in [4.78, 5) is 0. The lowest BCUT2D eigenvalue weighted by atomic mass is 9.90. The van der Waals surface area contributed by atoms with Crippen LogP contribution >= 0.6 is 11.8 Å². The smallest absolute Gasteiger partial charge is 0.0683 e. The van der Waals surface area contributed by atoms with Crippen LogP contribution in [-0.2, 0) is 0 Å². The average molecular weight is 201 g/mol. The Balaban J connectivity index is 3.22. The van der Waals surface area contributed by atoms with Crippen LogP contribution in [0.25, 0.3) is 0 Å². The number of hydrogen-bond donors (Lipinski definition) is 1. The fraction of sp³-hybridized carbons (Fsp3) is 0.900. The molecule has 0 aliphatic carbocycles. The molecule has 13 heavy (non-hydrogen) atoms. The number of nitrogens with zero attached hydrogens (tertiary/aromatic N) is 1. The number of hydrogen-bond acceptors (Lipinski definition) is 3. The third-order valence-corrected chi connectivity index (χ3v) is 2.99. The van der Waals surface area contributed by atoms with Gasteiger partial charge in [-0.2, -0.15) is 17.0 Å². The maximum Gasteiger partial charge on any atom is 0.0683 e. The molecule has 0 aromatic carbocycles. The Morgan fingerprint density at radius 1 is 1.31 bits per heavy atom. The monoisotopic (exact) mass is 201 g/mol. The van der Waals surface area contributed by atoms with Crippen molar-refractivity contribution in [2.45, 2.75) is 33.1 Å². The van der Waals surface area contributed by atoms with Gasteiger partial charge in [-0.05, 0) is 44.6 Å². The predicted molar refractivity (Wildman–Crippen MR) is 57.7 cm³/mol. The highest BCUT2D eigenvalue weighted by atomic mass is 32.2. The van der Waals surface area contributed by atoms with Gasteiger partial charge < -0.3 is 5.11 Å². The first kappa shape index (κ1) is 12.8. The second-order valence-electron chi connectivity index (χ2n) is 3.79. The van der Waals surface area contributed by atoms with Crippen LogP contribution in [-0.4, -0.2) is 23.2 Å². The second kappa shape index (κ2) is 7.23. The molecule has 0 bridgehead atoms. The molecule has 0 aromatic heterocycles. The quantitative estimate of drug-likeness (QED) is 0.643. The molecule has 0 heterocycles. The van der Waals surface area contributed by atoms with Crippen molar-refractivity contribution in [3.8, 4) is 6.07 Å². The van der Waals surface area contributed by atoms with E-state index in [0.29, 0.717) is 0 Å². The minimum Gasteiger partial charge on any atom is -0.396 e. The summed E-state index contributed by atoms with van der Waals surface area (Å²) in [6, 6.07) is 2.29. The number of nitriles is 1. The standard InChI is InChI=1S/C10H19NOS/c1-10(2,9-11)5-3-7-13-8-4-6-12/h12H,3-8H2,1-2H3. The molecule has 3 heteroatoms. The summed E-state index contributed by atoms with van der Waals surface area (Å²) in [6.45, 7) is 4.24. The molecule has 0 unspecified atom stereocenters. The van der Waals surface area contributed by atoms with E-state index in [-0.39, 0.29) is 12.0 Å². The molecule has 0 aliphatic rings. The van der Waals surface area contributed by atoms with Crippen LogP contribution in [0.3, 0.4) is 0 Å². The number of aliphatic hydroxyl groups excluding tert-OH is 1. The maximum absolute atomic E-state index is 8.74. The van der Waals surface area contributed by atoms with Gasteiger partial charge in [0.25, 0.3) is 0 Å². The Bertz CT molecular complexity index is 163. The highest BCUT2D eigenvalue weighted by molar-refractivity contribution is 7.99. The predicted octanol–water partition coefficient (Wildman–Crippen LogP) is 2.43.